The lowest BCUT2D eigenvalue weighted by atomic mass is 10.2. The minimum absolute atomic E-state index is 0.577. The van der Waals surface area contributed by atoms with Gasteiger partial charge in [-0.3, -0.25) is 4.55 Å². The van der Waals surface area contributed by atoms with Crippen LogP contribution < -0.4 is 0 Å². The van der Waals surface area contributed by atoms with Crippen LogP contribution in [-0.2, 0) is 14.9 Å². The van der Waals surface area contributed by atoms with Crippen molar-refractivity contribution in [2.75, 3.05) is 0 Å². The van der Waals surface area contributed by atoms with Crippen molar-refractivity contribution < 1.29 is 44.5 Å². The normalized spacial score (nSPS) is 15.6. The van der Waals surface area contributed by atoms with Gasteiger partial charge in [0, 0.05) is 0 Å². The minimum Gasteiger partial charge on any atom is -0.413 e. The molecule has 0 aliphatic carbocycles. The van der Waals surface area contributed by atoms with Crippen molar-refractivity contribution in [1.29, 1.82) is 0 Å². The van der Waals surface area contributed by atoms with Crippen molar-refractivity contribution in [3.63, 3.8) is 0 Å². The summed E-state index contributed by atoms with van der Waals surface area (Å²) in [6.45, 7) is 0. The van der Waals surface area contributed by atoms with E-state index in [1.54, 1.807) is 0 Å². The Morgan fingerprint density at radius 2 is 1.62 bits per heavy atom. The summed E-state index contributed by atoms with van der Waals surface area (Å²) in [6.07, 6.45) is -4.73. The lowest BCUT2D eigenvalue weighted by Crippen LogP contribution is -2.57. The third-order valence-electron chi connectivity index (χ3n) is 2.25. The van der Waals surface area contributed by atoms with E-state index in [0.29, 0.717) is 0 Å². The molecule has 1 aromatic carbocycles. The molecule has 0 heterocycles. The molecule has 0 aliphatic heterocycles. The van der Waals surface area contributed by atoms with Crippen molar-refractivity contribution in [1.82, 2.24) is 0 Å². The van der Waals surface area contributed by atoms with Crippen LogP contribution in [0.1, 0.15) is 10.4 Å². The number of carbonyl (C=O) groups is 1. The molecule has 0 saturated carbocycles. The van der Waals surface area contributed by atoms with Gasteiger partial charge in [-0.1, -0.05) is 18.2 Å². The molecule has 0 aliphatic rings. The van der Waals surface area contributed by atoms with Crippen LogP contribution in [0.3, 0.4) is 0 Å². The Balaban J connectivity index is 3.23. The van der Waals surface area contributed by atoms with Crippen LogP contribution in [0.15, 0.2) is 30.3 Å². The number of ether oxygens (including phenoxy) is 1. The first-order valence-corrected chi connectivity index (χ1v) is 6.48. The largest absolute Gasteiger partial charge is 0.444 e. The van der Waals surface area contributed by atoms with E-state index in [1.807, 2.05) is 0 Å². The summed E-state index contributed by atoms with van der Waals surface area (Å²) in [6, 6.07) is 5.62. The van der Waals surface area contributed by atoms with Crippen molar-refractivity contribution in [3.8, 4) is 0 Å². The highest BCUT2D eigenvalue weighted by atomic mass is 32.2. The molecule has 0 amide bonds. The highest BCUT2D eigenvalue weighted by Gasteiger charge is 2.72. The Bertz CT molecular complexity index is 618. The number of hydrogen-bond acceptors (Lipinski definition) is 4. The van der Waals surface area contributed by atoms with Crippen LogP contribution in [0, 0.1) is 0 Å². The Morgan fingerprint density at radius 3 is 2.00 bits per heavy atom. The van der Waals surface area contributed by atoms with Gasteiger partial charge in [-0.2, -0.15) is 21.6 Å². The second kappa shape index (κ2) is 5.56. The summed E-state index contributed by atoms with van der Waals surface area (Å²) in [4.78, 5) is 11.3. The molecule has 1 rings (SSSR count). The highest BCUT2D eigenvalue weighted by Crippen LogP contribution is 2.42. The summed E-state index contributed by atoms with van der Waals surface area (Å²) >= 11 is 0. The highest BCUT2D eigenvalue weighted by molar-refractivity contribution is 7.87. The maximum atomic E-state index is 13.6. The number of rotatable bonds is 5. The lowest BCUT2D eigenvalue weighted by molar-refractivity contribution is -0.270. The van der Waals surface area contributed by atoms with Gasteiger partial charge in [-0.15, -0.1) is 0 Å². The molecule has 118 valence electrons. The predicted molar refractivity (Wildman–Crippen MR) is 58.2 cm³/mol. The number of alkyl halides is 5. The molecule has 1 N–H and O–H groups in total. The van der Waals surface area contributed by atoms with Gasteiger partial charge in [0.15, 0.2) is 0 Å². The first-order valence-electron chi connectivity index (χ1n) is 5.04. The quantitative estimate of drug-likeness (QED) is 0.507. The first-order chi connectivity index (χ1) is 9.43. The van der Waals surface area contributed by atoms with E-state index < -0.39 is 39.2 Å². The van der Waals surface area contributed by atoms with Crippen LogP contribution in [0.4, 0.5) is 22.0 Å². The Hall–Kier alpha value is -1.75. The number of halogens is 5. The average molecular weight is 334 g/mol. The third-order valence-corrected chi connectivity index (χ3v) is 3.18. The maximum Gasteiger partial charge on any atom is 0.444 e. The zero-order valence-corrected chi connectivity index (χ0v) is 10.7. The number of esters is 1. The molecule has 11 heteroatoms. The summed E-state index contributed by atoms with van der Waals surface area (Å²) in [5.41, 5.74) is -0.577. The van der Waals surface area contributed by atoms with Crippen LogP contribution in [0.25, 0.3) is 0 Å². The fourth-order valence-electron chi connectivity index (χ4n) is 1.17. The average Bonchev–Trinajstić information content (AvgIpc) is 2.37. The molecule has 1 aromatic rings. The molecule has 0 fully saturated rings. The number of benzene rings is 1. The van der Waals surface area contributed by atoms with E-state index >= 15 is 0 Å². The summed E-state index contributed by atoms with van der Waals surface area (Å²) in [7, 11) is -6.60. The van der Waals surface area contributed by atoms with Crippen LogP contribution in [0.2, 0.25) is 0 Å². The van der Waals surface area contributed by atoms with Crippen molar-refractivity contribution in [3.05, 3.63) is 35.9 Å². The van der Waals surface area contributed by atoms with Gasteiger partial charge in [-0.25, -0.2) is 13.6 Å². The second-order valence-corrected chi connectivity index (χ2v) is 5.16. The van der Waals surface area contributed by atoms with Crippen molar-refractivity contribution >= 4 is 16.1 Å². The minimum atomic E-state index is -6.60. The van der Waals surface area contributed by atoms with Gasteiger partial charge in [-0.05, 0) is 12.1 Å². The SMILES string of the molecule is O=C(OC(F)(C(F)F)C(F)(F)S(=O)(=O)O)c1ccccc1. The van der Waals surface area contributed by atoms with Crippen LogP contribution in [0.5, 0.6) is 0 Å². The van der Waals surface area contributed by atoms with Crippen molar-refractivity contribution in [2.45, 2.75) is 17.5 Å². The van der Waals surface area contributed by atoms with Gasteiger partial charge in [0.25, 0.3) is 0 Å². The fourth-order valence-corrected chi connectivity index (χ4v) is 1.66. The lowest BCUT2D eigenvalue weighted by Gasteiger charge is -2.29. The topological polar surface area (TPSA) is 80.7 Å². The molecular formula is C10H7F5O5S. The van der Waals surface area contributed by atoms with Gasteiger partial charge in [0.2, 0.25) is 0 Å². The number of hydrogen-bond donors (Lipinski definition) is 1. The van der Waals surface area contributed by atoms with Crippen LogP contribution >= 0.6 is 0 Å². The molecule has 21 heavy (non-hydrogen) atoms. The zero-order chi connectivity index (χ0) is 16.5. The first kappa shape index (κ1) is 17.3. The van der Waals surface area contributed by atoms with Crippen molar-refractivity contribution in [2.24, 2.45) is 0 Å². The monoisotopic (exact) mass is 334 g/mol. The molecule has 1 unspecified atom stereocenters. The van der Waals surface area contributed by atoms with E-state index in [9.17, 15) is 35.2 Å². The smallest absolute Gasteiger partial charge is 0.413 e. The third kappa shape index (κ3) is 3.13. The van der Waals surface area contributed by atoms with E-state index in [-0.39, 0.29) is 0 Å². The molecule has 5 nitrogen and oxygen atoms in total. The summed E-state index contributed by atoms with van der Waals surface area (Å²) in [5.74, 6) is -7.50. The zero-order valence-electron chi connectivity index (χ0n) is 9.84. The molecule has 1 atom stereocenters. The van der Waals surface area contributed by atoms with E-state index in [2.05, 4.69) is 4.74 Å². The standard InChI is InChI=1S/C10H7F5O5S/c11-8(12)9(13,10(14,15)21(17,18)19)20-7(16)6-4-2-1-3-5-6/h1-5,8H,(H,17,18,19). The molecule has 0 spiro atoms. The Morgan fingerprint density at radius 1 is 1.14 bits per heavy atom. The molecule has 0 saturated heterocycles. The summed E-state index contributed by atoms with van der Waals surface area (Å²) < 4.78 is 97.1. The second-order valence-electron chi connectivity index (χ2n) is 3.69. The predicted octanol–water partition coefficient (Wildman–Crippen LogP) is 2.25. The van der Waals surface area contributed by atoms with E-state index in [0.717, 1.165) is 12.1 Å². The molecular weight excluding hydrogens is 327 g/mol. The van der Waals surface area contributed by atoms with E-state index in [4.69, 9.17) is 4.55 Å². The maximum absolute atomic E-state index is 13.6. The Kier molecular flexibility index (Phi) is 4.58. The van der Waals surface area contributed by atoms with Gasteiger partial charge >= 0.3 is 33.6 Å². The molecule has 0 radical (unpaired) electrons. The van der Waals surface area contributed by atoms with Gasteiger partial charge in [0.05, 0.1) is 5.56 Å². The summed E-state index contributed by atoms with van der Waals surface area (Å²) in [5, 5.41) is -6.06. The number of carbonyl (C=O) groups excluding carboxylic acids is 1. The van der Waals surface area contributed by atoms with Gasteiger partial charge < -0.3 is 4.74 Å². The van der Waals surface area contributed by atoms with Crippen LogP contribution in [-0.4, -0.2) is 36.5 Å². The Labute approximate surface area is 115 Å². The van der Waals surface area contributed by atoms with Gasteiger partial charge in [0.1, 0.15) is 0 Å². The fraction of sp³-hybridized carbons (Fsp3) is 0.300. The van der Waals surface area contributed by atoms with E-state index in [1.165, 1.54) is 18.2 Å². The molecule has 0 bridgehead atoms. The molecule has 0 aromatic heterocycles.